The second-order valence-corrected chi connectivity index (χ2v) is 7.60. The fourth-order valence-electron chi connectivity index (χ4n) is 3.12. The number of anilines is 1. The maximum atomic E-state index is 13.1. The van der Waals surface area contributed by atoms with E-state index >= 15 is 0 Å². The van der Waals surface area contributed by atoms with Gasteiger partial charge in [0.25, 0.3) is 0 Å². The van der Waals surface area contributed by atoms with E-state index in [0.717, 1.165) is 39.3 Å². The molecule has 0 saturated carbocycles. The molecule has 1 aliphatic heterocycles. The van der Waals surface area contributed by atoms with E-state index in [4.69, 9.17) is 0 Å². The SMILES string of the molecule is O=C(Cn1c(O)c(/C=C2/C=Nc3ccccc32)sc1=O)Nc1ccccc1C(F)(F)F. The highest BCUT2D eigenvalue weighted by atomic mass is 32.1. The summed E-state index contributed by atoms with van der Waals surface area (Å²) in [4.78, 5) is 28.4. The van der Waals surface area contributed by atoms with Gasteiger partial charge in [0, 0.05) is 17.4 Å². The number of fused-ring (bicyclic) bond motifs is 1. The third-order valence-electron chi connectivity index (χ3n) is 4.55. The number of carbonyl (C=O) groups is 1. The van der Waals surface area contributed by atoms with E-state index in [1.807, 2.05) is 24.3 Å². The van der Waals surface area contributed by atoms with Gasteiger partial charge in [0.05, 0.1) is 21.8 Å². The number of aromatic nitrogens is 1. The lowest BCUT2D eigenvalue weighted by Gasteiger charge is -2.13. The summed E-state index contributed by atoms with van der Waals surface area (Å²) in [6.45, 7) is -0.638. The molecule has 0 radical (unpaired) electrons. The summed E-state index contributed by atoms with van der Waals surface area (Å²) in [5, 5.41) is 12.6. The summed E-state index contributed by atoms with van der Waals surface area (Å²) >= 11 is 0.718. The van der Waals surface area contributed by atoms with Crippen molar-refractivity contribution in [2.75, 3.05) is 5.32 Å². The van der Waals surface area contributed by atoms with Crippen LogP contribution in [-0.4, -0.2) is 21.8 Å². The molecule has 0 atom stereocenters. The molecule has 2 aromatic carbocycles. The fraction of sp³-hybridized carbons (Fsp3) is 0.0952. The number of thiazole rings is 1. The van der Waals surface area contributed by atoms with Crippen molar-refractivity contribution in [3.05, 3.63) is 74.2 Å². The Morgan fingerprint density at radius 3 is 2.65 bits per heavy atom. The van der Waals surface area contributed by atoms with Gasteiger partial charge in [-0.2, -0.15) is 13.2 Å². The van der Waals surface area contributed by atoms with Crippen LogP contribution < -0.4 is 10.2 Å². The van der Waals surface area contributed by atoms with Crippen LogP contribution in [0.4, 0.5) is 24.5 Å². The lowest BCUT2D eigenvalue weighted by atomic mass is 10.1. The topological polar surface area (TPSA) is 83.7 Å². The minimum atomic E-state index is -4.65. The number of amides is 1. The zero-order valence-electron chi connectivity index (χ0n) is 15.7. The Bertz CT molecular complexity index is 1290. The first-order chi connectivity index (χ1) is 14.7. The van der Waals surface area contributed by atoms with E-state index < -0.39 is 40.6 Å². The Hall–Kier alpha value is -3.66. The molecule has 0 saturated heterocycles. The third kappa shape index (κ3) is 4.15. The van der Waals surface area contributed by atoms with Gasteiger partial charge in [-0.25, -0.2) is 0 Å². The van der Waals surface area contributed by atoms with E-state index in [1.165, 1.54) is 12.1 Å². The first kappa shape index (κ1) is 20.6. The zero-order valence-corrected chi connectivity index (χ0v) is 16.5. The number of allylic oxidation sites excluding steroid dienone is 1. The van der Waals surface area contributed by atoms with E-state index in [9.17, 15) is 27.9 Å². The Kier molecular flexibility index (Phi) is 5.24. The fourth-order valence-corrected chi connectivity index (χ4v) is 3.95. The molecule has 0 bridgehead atoms. The van der Waals surface area contributed by atoms with E-state index in [2.05, 4.69) is 10.3 Å². The molecule has 10 heteroatoms. The van der Waals surface area contributed by atoms with Crippen molar-refractivity contribution in [1.29, 1.82) is 0 Å². The van der Waals surface area contributed by atoms with Crippen molar-refractivity contribution in [2.24, 2.45) is 4.99 Å². The number of halogens is 3. The standard InChI is InChI=1S/C21H14F3N3O3S/c22-21(23,24)14-6-2-4-8-16(14)26-18(28)11-27-19(29)17(31-20(27)30)9-12-10-25-15-7-3-1-5-13(12)15/h1-10,29H,11H2,(H,26,28)/b12-9-. The van der Waals surface area contributed by atoms with Gasteiger partial charge in [0.2, 0.25) is 11.8 Å². The molecule has 31 heavy (non-hydrogen) atoms. The number of nitrogens with zero attached hydrogens (tertiary/aromatic N) is 2. The highest BCUT2D eigenvalue weighted by Crippen LogP contribution is 2.35. The lowest BCUT2D eigenvalue weighted by Crippen LogP contribution is -2.25. The number of hydrogen-bond donors (Lipinski definition) is 2. The highest BCUT2D eigenvalue weighted by Gasteiger charge is 2.33. The van der Waals surface area contributed by atoms with Gasteiger partial charge in [-0.15, -0.1) is 0 Å². The van der Waals surface area contributed by atoms with Crippen LogP contribution in [0.2, 0.25) is 0 Å². The first-order valence-corrected chi connectivity index (χ1v) is 9.79. The molecule has 158 valence electrons. The molecular formula is C21H14F3N3O3S. The number of benzene rings is 2. The van der Waals surface area contributed by atoms with Gasteiger partial charge in [0.15, 0.2) is 0 Å². The molecule has 6 nitrogen and oxygen atoms in total. The maximum absolute atomic E-state index is 13.1. The summed E-state index contributed by atoms with van der Waals surface area (Å²) in [5.41, 5.74) is 0.833. The van der Waals surface area contributed by atoms with Gasteiger partial charge in [-0.05, 0) is 24.3 Å². The smallest absolute Gasteiger partial charge is 0.418 e. The van der Waals surface area contributed by atoms with Gasteiger partial charge in [-0.3, -0.25) is 19.1 Å². The number of hydrogen-bond acceptors (Lipinski definition) is 5. The quantitative estimate of drug-likeness (QED) is 0.619. The van der Waals surface area contributed by atoms with E-state index in [0.29, 0.717) is 5.57 Å². The van der Waals surface area contributed by atoms with Crippen LogP contribution in [0.15, 0.2) is 58.3 Å². The summed E-state index contributed by atoms with van der Waals surface area (Å²) in [5.74, 6) is -1.32. The molecule has 1 aromatic heterocycles. The second-order valence-electron chi connectivity index (χ2n) is 6.61. The van der Waals surface area contributed by atoms with E-state index in [1.54, 1.807) is 12.3 Å². The van der Waals surface area contributed by atoms with Crippen molar-refractivity contribution >= 4 is 46.5 Å². The van der Waals surface area contributed by atoms with Crippen molar-refractivity contribution in [2.45, 2.75) is 12.7 Å². The molecule has 4 rings (SSSR count). The Morgan fingerprint density at radius 1 is 1.16 bits per heavy atom. The number of para-hydroxylation sites is 2. The number of aromatic hydroxyl groups is 1. The van der Waals surface area contributed by atoms with Crippen LogP contribution in [-0.2, 0) is 17.5 Å². The van der Waals surface area contributed by atoms with Crippen molar-refractivity contribution in [3.8, 4) is 5.88 Å². The zero-order chi connectivity index (χ0) is 22.2. The normalized spacial score (nSPS) is 14.1. The van der Waals surface area contributed by atoms with Crippen LogP contribution in [0.25, 0.3) is 11.6 Å². The monoisotopic (exact) mass is 445 g/mol. The number of aliphatic imine (C=N–C) groups is 1. The van der Waals surface area contributed by atoms with Crippen LogP contribution in [0.1, 0.15) is 16.0 Å². The third-order valence-corrected chi connectivity index (χ3v) is 5.46. The van der Waals surface area contributed by atoms with Gasteiger partial charge >= 0.3 is 11.0 Å². The molecule has 0 unspecified atom stereocenters. The van der Waals surface area contributed by atoms with E-state index in [-0.39, 0.29) is 4.88 Å². The maximum Gasteiger partial charge on any atom is 0.418 e. The summed E-state index contributed by atoms with van der Waals surface area (Å²) in [6.07, 6.45) is -1.48. The number of nitrogens with one attached hydrogen (secondary N) is 1. The predicted octanol–water partition coefficient (Wildman–Crippen LogP) is 4.53. The minimum absolute atomic E-state index is 0.214. The van der Waals surface area contributed by atoms with Crippen LogP contribution in [0.3, 0.4) is 0 Å². The lowest BCUT2D eigenvalue weighted by molar-refractivity contribution is -0.137. The van der Waals surface area contributed by atoms with Gasteiger partial charge in [-0.1, -0.05) is 41.7 Å². The molecule has 0 spiro atoms. The highest BCUT2D eigenvalue weighted by molar-refractivity contribution is 7.10. The average molecular weight is 445 g/mol. The first-order valence-electron chi connectivity index (χ1n) is 8.98. The molecule has 2 N–H and O–H groups in total. The van der Waals surface area contributed by atoms with Crippen LogP contribution in [0, 0.1) is 0 Å². The van der Waals surface area contributed by atoms with Gasteiger partial charge < -0.3 is 10.4 Å². The minimum Gasteiger partial charge on any atom is -0.493 e. The summed E-state index contributed by atoms with van der Waals surface area (Å²) in [7, 11) is 0. The van der Waals surface area contributed by atoms with Gasteiger partial charge in [0.1, 0.15) is 6.54 Å². The summed E-state index contributed by atoms with van der Waals surface area (Å²) in [6, 6.07) is 11.8. The number of rotatable bonds is 4. The molecule has 1 amide bonds. The van der Waals surface area contributed by atoms with Crippen molar-refractivity contribution in [1.82, 2.24) is 4.57 Å². The number of alkyl halides is 3. The summed E-state index contributed by atoms with van der Waals surface area (Å²) < 4.78 is 40.1. The Morgan fingerprint density at radius 2 is 1.87 bits per heavy atom. The molecular weight excluding hydrogens is 431 g/mol. The Balaban J connectivity index is 1.57. The van der Waals surface area contributed by atoms with Crippen LogP contribution >= 0.6 is 11.3 Å². The average Bonchev–Trinajstić information content (AvgIpc) is 3.24. The molecule has 0 fully saturated rings. The molecule has 2 heterocycles. The van der Waals surface area contributed by atoms with Crippen LogP contribution in [0.5, 0.6) is 5.88 Å². The molecule has 1 aliphatic rings. The number of carbonyl (C=O) groups excluding carboxylic acids is 1. The van der Waals surface area contributed by atoms with Crippen molar-refractivity contribution < 1.29 is 23.1 Å². The predicted molar refractivity (Wildman–Crippen MR) is 113 cm³/mol. The molecule has 0 aliphatic carbocycles. The second kappa shape index (κ2) is 7.88. The Labute approximate surface area is 177 Å². The van der Waals surface area contributed by atoms with Crippen molar-refractivity contribution in [3.63, 3.8) is 0 Å². The molecule has 3 aromatic rings. The largest absolute Gasteiger partial charge is 0.493 e.